The molecule has 1 aromatic carbocycles. The first-order valence-corrected chi connectivity index (χ1v) is 7.52. The first-order chi connectivity index (χ1) is 10.3. The molecule has 2 heterocycles. The largest absolute Gasteiger partial charge is 0.486 e. The monoisotopic (exact) mass is 285 g/mol. The van der Waals surface area contributed by atoms with Gasteiger partial charge >= 0.3 is 0 Å². The van der Waals surface area contributed by atoms with Crippen molar-refractivity contribution in [3.05, 3.63) is 24.4 Å². The normalized spacial score (nSPS) is 24.2. The van der Waals surface area contributed by atoms with Gasteiger partial charge in [0.05, 0.1) is 0 Å². The van der Waals surface area contributed by atoms with Crippen LogP contribution in [0.15, 0.2) is 24.4 Å². The molecule has 21 heavy (non-hydrogen) atoms. The Morgan fingerprint density at radius 1 is 1.14 bits per heavy atom. The lowest BCUT2D eigenvalue weighted by Gasteiger charge is -2.21. The summed E-state index contributed by atoms with van der Waals surface area (Å²) in [6.45, 7) is 1.20. The molecule has 1 fully saturated rings. The summed E-state index contributed by atoms with van der Waals surface area (Å²) in [5.74, 6) is 2.48. The number of pyridine rings is 1. The Balaban J connectivity index is 1.74. The molecule has 5 heteroatoms. The van der Waals surface area contributed by atoms with Gasteiger partial charge in [-0.05, 0) is 42.8 Å². The molecule has 2 aliphatic rings. The number of rotatable bonds is 2. The second-order valence-corrected chi connectivity index (χ2v) is 5.72. The number of hydrogen-bond acceptors (Lipinski definition) is 5. The summed E-state index contributed by atoms with van der Waals surface area (Å²) in [6.07, 6.45) is 5.18. The number of anilines is 1. The molecule has 0 spiro atoms. The molecule has 0 saturated heterocycles. The van der Waals surface area contributed by atoms with Crippen LogP contribution in [-0.2, 0) is 0 Å². The lowest BCUT2D eigenvalue weighted by molar-refractivity contribution is 0.172. The first-order valence-electron chi connectivity index (χ1n) is 7.52. The van der Waals surface area contributed by atoms with E-state index in [1.165, 1.54) is 6.42 Å². The quantitative estimate of drug-likeness (QED) is 0.886. The van der Waals surface area contributed by atoms with E-state index in [2.05, 4.69) is 10.3 Å². The van der Waals surface area contributed by atoms with Gasteiger partial charge in [-0.15, -0.1) is 0 Å². The average Bonchev–Trinajstić information content (AvgIpc) is 2.91. The van der Waals surface area contributed by atoms with Gasteiger partial charge < -0.3 is 20.5 Å². The van der Waals surface area contributed by atoms with Crippen molar-refractivity contribution in [1.29, 1.82) is 0 Å². The Morgan fingerprint density at radius 2 is 1.95 bits per heavy atom. The molecule has 1 aliphatic heterocycles. The van der Waals surface area contributed by atoms with E-state index in [1.807, 2.05) is 24.4 Å². The first kappa shape index (κ1) is 12.7. The SMILES string of the molecule is NC1CCCC1Nc1nccc2cc3c(cc12)OCCO3. The Labute approximate surface area is 123 Å². The minimum Gasteiger partial charge on any atom is -0.486 e. The fourth-order valence-corrected chi connectivity index (χ4v) is 3.17. The fourth-order valence-electron chi connectivity index (χ4n) is 3.17. The molecule has 4 rings (SSSR count). The summed E-state index contributed by atoms with van der Waals surface area (Å²) in [7, 11) is 0. The standard InChI is InChI=1S/C16H19N3O2/c17-12-2-1-3-13(12)19-16-11-9-15-14(20-6-7-21-15)8-10(11)4-5-18-16/h4-5,8-9,12-13H,1-3,6-7,17H2,(H,18,19). The van der Waals surface area contributed by atoms with Gasteiger partial charge in [0.15, 0.2) is 11.5 Å². The van der Waals surface area contributed by atoms with Crippen LogP contribution in [0.2, 0.25) is 0 Å². The molecule has 2 atom stereocenters. The van der Waals surface area contributed by atoms with E-state index in [-0.39, 0.29) is 6.04 Å². The molecule has 2 unspecified atom stereocenters. The van der Waals surface area contributed by atoms with E-state index in [0.717, 1.165) is 40.9 Å². The third-order valence-electron chi connectivity index (χ3n) is 4.32. The van der Waals surface area contributed by atoms with Gasteiger partial charge in [-0.3, -0.25) is 0 Å². The molecule has 110 valence electrons. The maximum Gasteiger partial charge on any atom is 0.162 e. The Hall–Kier alpha value is -2.01. The van der Waals surface area contributed by atoms with Crippen molar-refractivity contribution < 1.29 is 9.47 Å². The van der Waals surface area contributed by atoms with Crippen LogP contribution in [0.4, 0.5) is 5.82 Å². The van der Waals surface area contributed by atoms with Gasteiger partial charge in [0.25, 0.3) is 0 Å². The highest BCUT2D eigenvalue weighted by Crippen LogP contribution is 2.37. The van der Waals surface area contributed by atoms with Crippen LogP contribution in [0, 0.1) is 0 Å². The van der Waals surface area contributed by atoms with Gasteiger partial charge in [-0.2, -0.15) is 0 Å². The van der Waals surface area contributed by atoms with Gasteiger partial charge in [0, 0.05) is 23.7 Å². The summed E-state index contributed by atoms with van der Waals surface area (Å²) < 4.78 is 11.3. The molecular formula is C16H19N3O2. The smallest absolute Gasteiger partial charge is 0.162 e. The molecule has 0 bridgehead atoms. The number of nitrogens with zero attached hydrogens (tertiary/aromatic N) is 1. The maximum atomic E-state index is 6.15. The third kappa shape index (κ3) is 2.27. The number of nitrogens with one attached hydrogen (secondary N) is 1. The average molecular weight is 285 g/mol. The summed E-state index contributed by atoms with van der Waals surface area (Å²) in [5, 5.41) is 5.66. The lowest BCUT2D eigenvalue weighted by atomic mass is 10.1. The molecule has 2 aromatic rings. The molecule has 1 aliphatic carbocycles. The highest BCUT2D eigenvalue weighted by Gasteiger charge is 2.24. The molecular weight excluding hydrogens is 266 g/mol. The van der Waals surface area contributed by atoms with E-state index >= 15 is 0 Å². The van der Waals surface area contributed by atoms with E-state index < -0.39 is 0 Å². The second-order valence-electron chi connectivity index (χ2n) is 5.72. The summed E-state index contributed by atoms with van der Waals surface area (Å²) >= 11 is 0. The van der Waals surface area contributed by atoms with Gasteiger partial charge in [-0.25, -0.2) is 4.98 Å². The van der Waals surface area contributed by atoms with Gasteiger partial charge in [-0.1, -0.05) is 0 Å². The van der Waals surface area contributed by atoms with E-state index in [0.29, 0.717) is 19.3 Å². The minimum absolute atomic E-state index is 0.208. The van der Waals surface area contributed by atoms with Crippen molar-refractivity contribution in [1.82, 2.24) is 4.98 Å². The molecule has 5 nitrogen and oxygen atoms in total. The highest BCUT2D eigenvalue weighted by molar-refractivity contribution is 5.94. The van der Waals surface area contributed by atoms with Gasteiger partial charge in [0.2, 0.25) is 0 Å². The fraction of sp³-hybridized carbons (Fsp3) is 0.438. The zero-order valence-corrected chi connectivity index (χ0v) is 11.8. The number of aromatic nitrogens is 1. The van der Waals surface area contributed by atoms with E-state index in [4.69, 9.17) is 15.2 Å². The van der Waals surface area contributed by atoms with Crippen LogP contribution in [0.25, 0.3) is 10.8 Å². The zero-order valence-electron chi connectivity index (χ0n) is 11.8. The Bertz CT molecular complexity index is 674. The van der Waals surface area contributed by atoms with Crippen LogP contribution in [-0.4, -0.2) is 30.3 Å². The number of fused-ring (bicyclic) bond motifs is 2. The second kappa shape index (κ2) is 5.07. The number of benzene rings is 1. The molecule has 3 N–H and O–H groups in total. The van der Waals surface area contributed by atoms with Crippen molar-refractivity contribution in [2.75, 3.05) is 18.5 Å². The number of nitrogens with two attached hydrogens (primary N) is 1. The molecule has 1 aromatic heterocycles. The summed E-state index contributed by atoms with van der Waals surface area (Å²) in [4.78, 5) is 4.49. The van der Waals surface area contributed by atoms with Crippen molar-refractivity contribution in [2.24, 2.45) is 5.73 Å². The number of ether oxygens (including phenoxy) is 2. The molecule has 0 radical (unpaired) electrons. The van der Waals surface area contributed by atoms with Crippen LogP contribution in [0.5, 0.6) is 11.5 Å². The van der Waals surface area contributed by atoms with Crippen LogP contribution in [0.3, 0.4) is 0 Å². The van der Waals surface area contributed by atoms with E-state index in [9.17, 15) is 0 Å². The predicted molar refractivity (Wildman–Crippen MR) is 82.0 cm³/mol. The van der Waals surface area contributed by atoms with Crippen molar-refractivity contribution in [3.63, 3.8) is 0 Å². The molecule has 0 amide bonds. The highest BCUT2D eigenvalue weighted by atomic mass is 16.6. The zero-order chi connectivity index (χ0) is 14.2. The number of hydrogen-bond donors (Lipinski definition) is 2. The summed E-state index contributed by atoms with van der Waals surface area (Å²) in [6, 6.07) is 6.54. The molecule has 1 saturated carbocycles. The minimum atomic E-state index is 0.208. The third-order valence-corrected chi connectivity index (χ3v) is 4.32. The Morgan fingerprint density at radius 3 is 2.71 bits per heavy atom. The summed E-state index contributed by atoms with van der Waals surface area (Å²) in [5.41, 5.74) is 6.15. The van der Waals surface area contributed by atoms with Crippen molar-refractivity contribution in [2.45, 2.75) is 31.3 Å². The predicted octanol–water partition coefficient (Wildman–Crippen LogP) is 2.30. The van der Waals surface area contributed by atoms with Gasteiger partial charge in [0.1, 0.15) is 19.0 Å². The van der Waals surface area contributed by atoms with Crippen molar-refractivity contribution >= 4 is 16.6 Å². The lowest BCUT2D eigenvalue weighted by Crippen LogP contribution is -2.35. The van der Waals surface area contributed by atoms with Crippen LogP contribution < -0.4 is 20.5 Å². The van der Waals surface area contributed by atoms with Crippen LogP contribution in [0.1, 0.15) is 19.3 Å². The van der Waals surface area contributed by atoms with Crippen molar-refractivity contribution in [3.8, 4) is 11.5 Å². The topological polar surface area (TPSA) is 69.4 Å². The maximum absolute atomic E-state index is 6.15. The Kier molecular flexibility index (Phi) is 3.07. The van der Waals surface area contributed by atoms with E-state index in [1.54, 1.807) is 0 Å². The van der Waals surface area contributed by atoms with Crippen LogP contribution >= 0.6 is 0 Å².